The van der Waals surface area contributed by atoms with Gasteiger partial charge >= 0.3 is 5.97 Å². The average molecular weight is 238 g/mol. The quantitative estimate of drug-likeness (QED) is 0.309. The minimum absolute atomic E-state index is 0.0800. The third-order valence-corrected chi connectivity index (χ3v) is 3.42. The summed E-state index contributed by atoms with van der Waals surface area (Å²) < 4.78 is 5.08. The van der Waals surface area contributed by atoms with Crippen LogP contribution in [0.25, 0.3) is 0 Å². The zero-order valence-electron chi connectivity index (χ0n) is 10.8. The second-order valence-electron chi connectivity index (χ2n) is 4.54. The van der Waals surface area contributed by atoms with E-state index in [1.165, 1.54) is 0 Å². The Morgan fingerprint density at radius 3 is 2.82 bits per heavy atom. The molecule has 0 spiro atoms. The number of carbonyl (C=O) groups excluding carboxylic acids is 2. The molecule has 1 atom stereocenters. The van der Waals surface area contributed by atoms with Gasteiger partial charge in [-0.05, 0) is 46.0 Å². The molecular weight excluding hydrogens is 216 g/mol. The lowest BCUT2D eigenvalue weighted by Crippen LogP contribution is -2.36. The Labute approximate surface area is 103 Å². The molecule has 3 heteroatoms. The van der Waals surface area contributed by atoms with Crippen molar-refractivity contribution in [2.45, 2.75) is 52.4 Å². The molecule has 0 aromatic carbocycles. The van der Waals surface area contributed by atoms with E-state index in [1.54, 1.807) is 6.92 Å². The van der Waals surface area contributed by atoms with Crippen molar-refractivity contribution in [3.05, 3.63) is 12.2 Å². The summed E-state index contributed by atoms with van der Waals surface area (Å²) in [5.41, 5.74) is -0.822. The molecule has 17 heavy (non-hydrogen) atoms. The lowest BCUT2D eigenvalue weighted by molar-refractivity contribution is -0.159. The number of esters is 1. The molecule has 1 saturated carbocycles. The van der Waals surface area contributed by atoms with Gasteiger partial charge in [0.05, 0.1) is 6.61 Å². The molecule has 0 N–H and O–H groups in total. The highest BCUT2D eigenvalue weighted by Crippen LogP contribution is 2.40. The summed E-state index contributed by atoms with van der Waals surface area (Å²) in [7, 11) is 0. The first-order chi connectivity index (χ1) is 8.17. The predicted molar refractivity (Wildman–Crippen MR) is 66.6 cm³/mol. The van der Waals surface area contributed by atoms with Gasteiger partial charge < -0.3 is 4.74 Å². The molecule has 0 bridgehead atoms. The van der Waals surface area contributed by atoms with Gasteiger partial charge in [-0.3, -0.25) is 9.59 Å². The van der Waals surface area contributed by atoms with Gasteiger partial charge in [-0.15, -0.1) is 0 Å². The molecule has 0 amide bonds. The van der Waals surface area contributed by atoms with Gasteiger partial charge in [0.15, 0.2) is 0 Å². The van der Waals surface area contributed by atoms with Crippen molar-refractivity contribution in [2.24, 2.45) is 5.41 Å². The summed E-state index contributed by atoms with van der Waals surface area (Å²) in [5, 5.41) is 0. The third kappa shape index (κ3) is 3.18. The first kappa shape index (κ1) is 13.9. The Morgan fingerprint density at radius 1 is 1.53 bits per heavy atom. The number of hydrogen-bond donors (Lipinski definition) is 0. The van der Waals surface area contributed by atoms with Crippen LogP contribution in [0.3, 0.4) is 0 Å². The molecule has 0 radical (unpaired) electrons. The molecule has 0 aromatic heterocycles. The van der Waals surface area contributed by atoms with E-state index < -0.39 is 5.41 Å². The van der Waals surface area contributed by atoms with Gasteiger partial charge in [-0.1, -0.05) is 12.2 Å². The topological polar surface area (TPSA) is 43.4 Å². The van der Waals surface area contributed by atoms with Crippen molar-refractivity contribution in [3.63, 3.8) is 0 Å². The van der Waals surface area contributed by atoms with E-state index in [0.717, 1.165) is 19.3 Å². The Hall–Kier alpha value is -1.12. The van der Waals surface area contributed by atoms with Crippen LogP contribution in [0.2, 0.25) is 0 Å². The van der Waals surface area contributed by atoms with Crippen molar-refractivity contribution < 1.29 is 14.3 Å². The zero-order chi connectivity index (χ0) is 12.7. The first-order valence-electron chi connectivity index (χ1n) is 6.49. The van der Waals surface area contributed by atoms with Crippen molar-refractivity contribution in [1.82, 2.24) is 0 Å². The molecule has 1 aliphatic rings. The molecular formula is C14H22O3. The van der Waals surface area contributed by atoms with Crippen molar-refractivity contribution in [1.29, 1.82) is 0 Å². The number of unbranched alkanes of at least 4 members (excludes halogenated alkanes) is 1. The highest BCUT2D eigenvalue weighted by Gasteiger charge is 2.48. The molecule has 0 saturated heterocycles. The lowest BCUT2D eigenvalue weighted by atomic mass is 9.80. The fourth-order valence-corrected chi connectivity index (χ4v) is 2.47. The van der Waals surface area contributed by atoms with Gasteiger partial charge in [0.2, 0.25) is 0 Å². The van der Waals surface area contributed by atoms with E-state index in [4.69, 9.17) is 4.74 Å². The van der Waals surface area contributed by atoms with E-state index in [2.05, 4.69) is 6.08 Å². The normalized spacial score (nSPS) is 24.5. The molecule has 96 valence electrons. The number of carbonyl (C=O) groups is 2. The molecule has 3 nitrogen and oxygen atoms in total. The fraction of sp³-hybridized carbons (Fsp3) is 0.714. The highest BCUT2D eigenvalue weighted by atomic mass is 16.5. The maximum Gasteiger partial charge on any atom is 0.319 e. The van der Waals surface area contributed by atoms with Gasteiger partial charge in [0.1, 0.15) is 11.2 Å². The van der Waals surface area contributed by atoms with Gasteiger partial charge in [-0.25, -0.2) is 0 Å². The highest BCUT2D eigenvalue weighted by molar-refractivity contribution is 6.05. The van der Waals surface area contributed by atoms with E-state index in [1.807, 2.05) is 13.0 Å². The molecule has 0 heterocycles. The van der Waals surface area contributed by atoms with Gasteiger partial charge in [-0.2, -0.15) is 0 Å². The monoisotopic (exact) mass is 238 g/mol. The molecule has 0 aromatic rings. The minimum Gasteiger partial charge on any atom is -0.465 e. The average Bonchev–Trinajstić information content (AvgIpc) is 2.68. The molecule has 1 rings (SSSR count). The third-order valence-electron chi connectivity index (χ3n) is 3.42. The van der Waals surface area contributed by atoms with E-state index in [9.17, 15) is 9.59 Å². The summed E-state index contributed by atoms with van der Waals surface area (Å²) in [6.45, 7) is 4.11. The van der Waals surface area contributed by atoms with Crippen LogP contribution in [0.5, 0.6) is 0 Å². The molecule has 1 unspecified atom stereocenters. The number of hydrogen-bond acceptors (Lipinski definition) is 3. The van der Waals surface area contributed by atoms with Crippen LogP contribution < -0.4 is 0 Å². The van der Waals surface area contributed by atoms with Crippen LogP contribution in [0.1, 0.15) is 52.4 Å². The van der Waals surface area contributed by atoms with Crippen LogP contribution in [-0.2, 0) is 14.3 Å². The Bertz CT molecular complexity index is 307. The first-order valence-corrected chi connectivity index (χ1v) is 6.49. The number of ether oxygens (including phenoxy) is 1. The van der Waals surface area contributed by atoms with E-state index >= 15 is 0 Å². The van der Waals surface area contributed by atoms with Crippen molar-refractivity contribution in [2.75, 3.05) is 6.61 Å². The maximum atomic E-state index is 12.0. The van der Waals surface area contributed by atoms with Crippen LogP contribution in [0.15, 0.2) is 12.2 Å². The van der Waals surface area contributed by atoms with E-state index in [-0.39, 0.29) is 11.8 Å². The lowest BCUT2D eigenvalue weighted by Gasteiger charge is -2.24. The Morgan fingerprint density at radius 2 is 2.29 bits per heavy atom. The Balaban J connectivity index is 2.66. The molecule has 1 aliphatic carbocycles. The van der Waals surface area contributed by atoms with Crippen LogP contribution >= 0.6 is 0 Å². The second-order valence-corrected chi connectivity index (χ2v) is 4.54. The van der Waals surface area contributed by atoms with Crippen molar-refractivity contribution in [3.8, 4) is 0 Å². The van der Waals surface area contributed by atoms with Crippen LogP contribution in [0.4, 0.5) is 0 Å². The van der Waals surface area contributed by atoms with Crippen molar-refractivity contribution >= 4 is 11.8 Å². The van der Waals surface area contributed by atoms with Crippen LogP contribution in [0, 0.1) is 5.41 Å². The number of rotatable bonds is 6. The second kappa shape index (κ2) is 6.58. The smallest absolute Gasteiger partial charge is 0.319 e. The molecule has 0 aliphatic heterocycles. The summed E-state index contributed by atoms with van der Waals surface area (Å²) in [4.78, 5) is 23.9. The van der Waals surface area contributed by atoms with Crippen LogP contribution in [-0.4, -0.2) is 18.4 Å². The summed E-state index contributed by atoms with van der Waals surface area (Å²) in [6, 6.07) is 0. The van der Waals surface area contributed by atoms with Gasteiger partial charge in [0.25, 0.3) is 0 Å². The minimum atomic E-state index is -0.822. The SMILES string of the molecule is C/C=C/CCCC1(C(=O)OCC)CCCC1=O. The Kier molecular flexibility index (Phi) is 5.39. The van der Waals surface area contributed by atoms with Gasteiger partial charge in [0, 0.05) is 6.42 Å². The number of ketones is 1. The summed E-state index contributed by atoms with van der Waals surface area (Å²) in [6.07, 6.45) is 8.50. The number of allylic oxidation sites excluding steroid dienone is 2. The summed E-state index contributed by atoms with van der Waals surface area (Å²) >= 11 is 0. The maximum absolute atomic E-state index is 12.0. The predicted octanol–water partition coefficient (Wildman–Crippen LogP) is 3.04. The largest absolute Gasteiger partial charge is 0.465 e. The summed E-state index contributed by atoms with van der Waals surface area (Å²) in [5.74, 6) is -0.223. The standard InChI is InChI=1S/C14H22O3/c1-3-5-6-7-10-14(13(16)17-4-2)11-8-9-12(14)15/h3,5H,4,6-11H2,1-2H3/b5-3+. The number of Topliss-reactive ketones (excluding diaryl/α,β-unsaturated/α-hetero) is 1. The fourth-order valence-electron chi connectivity index (χ4n) is 2.47. The van der Waals surface area contributed by atoms with E-state index in [0.29, 0.717) is 25.9 Å². The zero-order valence-corrected chi connectivity index (χ0v) is 10.8. The molecule has 1 fully saturated rings.